The van der Waals surface area contributed by atoms with Gasteiger partial charge in [-0.2, -0.15) is 0 Å². The summed E-state index contributed by atoms with van der Waals surface area (Å²) in [5.41, 5.74) is 1.46. The molecule has 0 spiro atoms. The third-order valence-corrected chi connectivity index (χ3v) is 3.69. The fraction of sp³-hybridized carbons (Fsp3) is 0.647. The Balaban J connectivity index is 0.00000324. The van der Waals surface area contributed by atoms with E-state index in [1.54, 1.807) is 0 Å². The van der Waals surface area contributed by atoms with E-state index in [0.29, 0.717) is 6.04 Å². The predicted molar refractivity (Wildman–Crippen MR) is 88.2 cm³/mol. The molecule has 110 valence electrons. The highest BCUT2D eigenvalue weighted by Crippen LogP contribution is 2.14. The van der Waals surface area contributed by atoms with Crippen molar-refractivity contribution in [1.29, 1.82) is 0 Å². The average Bonchev–Trinajstić information content (AvgIpc) is 2.38. The molecule has 0 amide bonds. The van der Waals surface area contributed by atoms with Gasteiger partial charge in [0.2, 0.25) is 0 Å². The Morgan fingerprint density at radius 3 is 2.16 bits per heavy atom. The molecule has 0 saturated carbocycles. The minimum atomic E-state index is 0. The number of hydrogen-bond acceptors (Lipinski definition) is 1. The molecule has 1 rings (SSSR count). The molecule has 0 aliphatic heterocycles. The first-order valence-electron chi connectivity index (χ1n) is 7.44. The van der Waals surface area contributed by atoms with Crippen molar-refractivity contribution in [3.8, 4) is 0 Å². The van der Waals surface area contributed by atoms with E-state index in [4.69, 9.17) is 0 Å². The van der Waals surface area contributed by atoms with Gasteiger partial charge < -0.3 is 4.90 Å². The van der Waals surface area contributed by atoms with Crippen molar-refractivity contribution in [1.82, 2.24) is 4.90 Å². The van der Waals surface area contributed by atoms with E-state index in [9.17, 15) is 0 Å². The minimum absolute atomic E-state index is 0. The van der Waals surface area contributed by atoms with Gasteiger partial charge in [-0.1, -0.05) is 69.4 Å². The fourth-order valence-corrected chi connectivity index (χ4v) is 2.41. The summed E-state index contributed by atoms with van der Waals surface area (Å²) in [5, 5.41) is 0. The number of halogens is 1. The van der Waals surface area contributed by atoms with Crippen molar-refractivity contribution < 1.29 is 0 Å². The van der Waals surface area contributed by atoms with Gasteiger partial charge in [0, 0.05) is 6.04 Å². The number of unbranched alkanes of at least 4 members (excludes halogenated alkanes) is 4. The Hall–Kier alpha value is -0.530. The molecule has 0 fully saturated rings. The monoisotopic (exact) mass is 283 g/mol. The Bertz CT molecular complexity index is 297. The summed E-state index contributed by atoms with van der Waals surface area (Å²) in [6, 6.07) is 11.6. The minimum Gasteiger partial charge on any atom is -0.306 e. The van der Waals surface area contributed by atoms with Crippen LogP contribution in [0.2, 0.25) is 0 Å². The van der Waals surface area contributed by atoms with Crippen molar-refractivity contribution in [3.05, 3.63) is 35.9 Å². The second-order valence-electron chi connectivity index (χ2n) is 5.51. The molecule has 1 aromatic rings. The quantitative estimate of drug-likeness (QED) is 0.580. The molecule has 0 aliphatic rings. The van der Waals surface area contributed by atoms with Crippen LogP contribution in [-0.4, -0.2) is 25.0 Å². The SMILES string of the molecule is CCCCCCCC(Cc1ccccc1)N(C)C.Cl. The maximum atomic E-state index is 2.38. The Labute approximate surface area is 125 Å². The summed E-state index contributed by atoms with van der Waals surface area (Å²) < 4.78 is 0. The molecule has 1 nitrogen and oxygen atoms in total. The molecule has 1 aromatic carbocycles. The molecule has 0 N–H and O–H groups in total. The molecule has 0 radical (unpaired) electrons. The van der Waals surface area contributed by atoms with Crippen molar-refractivity contribution in [3.63, 3.8) is 0 Å². The number of benzene rings is 1. The third kappa shape index (κ3) is 8.28. The van der Waals surface area contributed by atoms with Crippen LogP contribution in [0.5, 0.6) is 0 Å². The lowest BCUT2D eigenvalue weighted by Crippen LogP contribution is -2.30. The van der Waals surface area contributed by atoms with E-state index in [1.165, 1.54) is 50.5 Å². The van der Waals surface area contributed by atoms with Crippen LogP contribution < -0.4 is 0 Å². The van der Waals surface area contributed by atoms with Gasteiger partial charge in [0.15, 0.2) is 0 Å². The van der Waals surface area contributed by atoms with Crippen LogP contribution in [-0.2, 0) is 6.42 Å². The van der Waals surface area contributed by atoms with Crippen LogP contribution in [0.1, 0.15) is 51.0 Å². The maximum absolute atomic E-state index is 2.38. The second-order valence-corrected chi connectivity index (χ2v) is 5.51. The van der Waals surface area contributed by atoms with Crippen molar-refractivity contribution in [2.24, 2.45) is 0 Å². The van der Waals surface area contributed by atoms with E-state index < -0.39 is 0 Å². The van der Waals surface area contributed by atoms with Gasteiger partial charge in [-0.25, -0.2) is 0 Å². The van der Waals surface area contributed by atoms with Crippen molar-refractivity contribution in [2.75, 3.05) is 14.1 Å². The summed E-state index contributed by atoms with van der Waals surface area (Å²) in [4.78, 5) is 2.38. The first kappa shape index (κ1) is 18.5. The van der Waals surface area contributed by atoms with Crippen molar-refractivity contribution in [2.45, 2.75) is 57.9 Å². The highest BCUT2D eigenvalue weighted by atomic mass is 35.5. The van der Waals surface area contributed by atoms with Gasteiger partial charge in [0.1, 0.15) is 0 Å². The first-order chi connectivity index (χ1) is 8.74. The van der Waals surface area contributed by atoms with Crippen molar-refractivity contribution >= 4 is 12.4 Å². The summed E-state index contributed by atoms with van der Waals surface area (Å²) in [6.07, 6.45) is 9.41. The zero-order valence-electron chi connectivity index (χ0n) is 12.8. The molecule has 0 saturated heterocycles. The number of hydrogen-bond donors (Lipinski definition) is 0. The molecule has 2 heteroatoms. The van der Waals surface area contributed by atoms with Crippen LogP contribution >= 0.6 is 12.4 Å². The molecular formula is C17H30ClN. The summed E-state index contributed by atoms with van der Waals surface area (Å²) >= 11 is 0. The Kier molecular flexibility index (Phi) is 11.0. The molecule has 0 aliphatic carbocycles. The predicted octanol–water partition coefficient (Wildman–Crippen LogP) is 4.94. The van der Waals surface area contributed by atoms with E-state index >= 15 is 0 Å². The molecule has 0 heterocycles. The van der Waals surface area contributed by atoms with Gasteiger partial charge in [0.25, 0.3) is 0 Å². The topological polar surface area (TPSA) is 3.24 Å². The van der Waals surface area contributed by atoms with Crippen LogP contribution in [0, 0.1) is 0 Å². The van der Waals surface area contributed by atoms with Gasteiger partial charge in [-0.05, 0) is 32.5 Å². The van der Waals surface area contributed by atoms with E-state index in [0.717, 1.165) is 0 Å². The normalized spacial score (nSPS) is 12.2. The first-order valence-corrected chi connectivity index (χ1v) is 7.44. The molecule has 1 atom stereocenters. The van der Waals surface area contributed by atoms with Crippen LogP contribution in [0.15, 0.2) is 30.3 Å². The van der Waals surface area contributed by atoms with E-state index in [-0.39, 0.29) is 12.4 Å². The zero-order valence-corrected chi connectivity index (χ0v) is 13.6. The lowest BCUT2D eigenvalue weighted by Gasteiger charge is -2.24. The van der Waals surface area contributed by atoms with Gasteiger partial charge in [-0.15, -0.1) is 12.4 Å². The highest BCUT2D eigenvalue weighted by molar-refractivity contribution is 5.85. The zero-order chi connectivity index (χ0) is 13.2. The van der Waals surface area contributed by atoms with Crippen LogP contribution in [0.3, 0.4) is 0 Å². The number of likely N-dealkylation sites (N-methyl/N-ethyl adjacent to an activating group) is 1. The standard InChI is InChI=1S/C17H29N.ClH/c1-4-5-6-7-11-14-17(18(2)3)15-16-12-9-8-10-13-16;/h8-10,12-13,17H,4-7,11,14-15H2,1-3H3;1H. The van der Waals surface area contributed by atoms with Crippen LogP contribution in [0.25, 0.3) is 0 Å². The highest BCUT2D eigenvalue weighted by Gasteiger charge is 2.11. The summed E-state index contributed by atoms with van der Waals surface area (Å²) in [6.45, 7) is 2.28. The third-order valence-electron chi connectivity index (χ3n) is 3.69. The lowest BCUT2D eigenvalue weighted by molar-refractivity contribution is 0.269. The van der Waals surface area contributed by atoms with E-state index in [1.807, 2.05) is 0 Å². The molecule has 1 unspecified atom stereocenters. The summed E-state index contributed by atoms with van der Waals surface area (Å²) in [7, 11) is 4.42. The van der Waals surface area contributed by atoms with E-state index in [2.05, 4.69) is 56.3 Å². The lowest BCUT2D eigenvalue weighted by atomic mass is 9.99. The number of nitrogens with zero attached hydrogens (tertiary/aromatic N) is 1. The Morgan fingerprint density at radius 1 is 0.947 bits per heavy atom. The van der Waals surface area contributed by atoms with Gasteiger partial charge >= 0.3 is 0 Å². The molecular weight excluding hydrogens is 254 g/mol. The average molecular weight is 284 g/mol. The molecule has 19 heavy (non-hydrogen) atoms. The maximum Gasteiger partial charge on any atom is 0.0130 e. The smallest absolute Gasteiger partial charge is 0.0130 e. The number of rotatable bonds is 9. The summed E-state index contributed by atoms with van der Waals surface area (Å²) in [5.74, 6) is 0. The largest absolute Gasteiger partial charge is 0.306 e. The van der Waals surface area contributed by atoms with Gasteiger partial charge in [0.05, 0.1) is 0 Å². The van der Waals surface area contributed by atoms with Gasteiger partial charge in [-0.3, -0.25) is 0 Å². The fourth-order valence-electron chi connectivity index (χ4n) is 2.41. The second kappa shape index (κ2) is 11.3. The molecule has 0 bridgehead atoms. The Morgan fingerprint density at radius 2 is 1.58 bits per heavy atom. The molecule has 0 aromatic heterocycles. The van der Waals surface area contributed by atoms with Crippen LogP contribution in [0.4, 0.5) is 0 Å².